The van der Waals surface area contributed by atoms with Crippen molar-refractivity contribution in [3.05, 3.63) is 0 Å². The van der Waals surface area contributed by atoms with Crippen LogP contribution in [0.25, 0.3) is 0 Å². The Morgan fingerprint density at radius 1 is 0.543 bits per heavy atom. The standard InChI is InChI=1S/C22H44O4.C22H44O3.C15H30N2O2/c1-3-5-7-9-11-13-15-19-25-22(18-17-21(23)24)26-20-16-14-12-10-8-6-4-2;1-3-5-7-9-11-13-15-20-24-22(18-17-19-23)25-21-16-14-12-10-8-6-4-2;1-4-14-9-7-11-17(13-14)15(18)19-12-8-10-16(5-2)6-3/h22H,3-20H2,1-2H3,(H,23,24);19,22H,3-18,20-21H2,1-2H3;14H,4-13H2,1-3H3. The number of unbranched alkanes of at least 4 members (excludes halogenated alkanes) is 24. The highest BCUT2D eigenvalue weighted by Gasteiger charge is 2.23. The highest BCUT2D eigenvalue weighted by atomic mass is 16.7. The summed E-state index contributed by atoms with van der Waals surface area (Å²) in [5, 5.41) is 8.88. The Balaban J connectivity index is 0. The van der Waals surface area contributed by atoms with E-state index in [-0.39, 0.29) is 25.1 Å². The molecule has 1 heterocycles. The smallest absolute Gasteiger partial charge is 0.409 e. The predicted octanol–water partition coefficient (Wildman–Crippen LogP) is 16.5. The van der Waals surface area contributed by atoms with Gasteiger partial charge in [0.05, 0.1) is 13.0 Å². The van der Waals surface area contributed by atoms with Crippen molar-refractivity contribution in [1.29, 1.82) is 0 Å². The number of likely N-dealkylation sites (tertiary alicyclic amines) is 1. The summed E-state index contributed by atoms with van der Waals surface area (Å²) in [5.74, 6) is -0.119. The van der Waals surface area contributed by atoms with Gasteiger partial charge in [-0.1, -0.05) is 209 Å². The monoisotopic (exact) mass is 999 g/mol. The average Bonchev–Trinajstić information content (AvgIpc) is 3.37. The molecule has 0 aromatic carbocycles. The molecule has 0 spiro atoms. The van der Waals surface area contributed by atoms with E-state index in [1.54, 1.807) is 0 Å². The Hall–Kier alpha value is -1.79. The van der Waals surface area contributed by atoms with E-state index in [0.29, 0.717) is 45.0 Å². The molecule has 0 bridgehead atoms. The quantitative estimate of drug-likeness (QED) is 0.0358. The Morgan fingerprint density at radius 3 is 1.29 bits per heavy atom. The molecule has 1 saturated heterocycles. The van der Waals surface area contributed by atoms with Gasteiger partial charge in [0.25, 0.3) is 0 Å². The van der Waals surface area contributed by atoms with E-state index >= 15 is 0 Å². The number of carbonyl (C=O) groups is 3. The van der Waals surface area contributed by atoms with Crippen LogP contribution in [-0.2, 0) is 33.3 Å². The number of carboxylic acid groups (broad SMARTS) is 1. The number of hydrogen-bond acceptors (Lipinski definition) is 9. The molecular formula is C59H118N2O9. The Morgan fingerprint density at radius 2 is 0.929 bits per heavy atom. The third kappa shape index (κ3) is 51.1. The molecule has 0 aromatic rings. The zero-order valence-electron chi connectivity index (χ0n) is 47.4. The first-order valence-corrected chi connectivity index (χ1v) is 30.0. The summed E-state index contributed by atoms with van der Waals surface area (Å²) in [7, 11) is 0. The second kappa shape index (κ2) is 58.1. The first kappa shape index (κ1) is 70.3. The number of rotatable bonds is 49. The minimum atomic E-state index is -0.783. The molecule has 1 aliphatic heterocycles. The summed E-state index contributed by atoms with van der Waals surface area (Å²) >= 11 is 0. The van der Waals surface area contributed by atoms with Crippen molar-refractivity contribution in [2.24, 2.45) is 5.92 Å². The van der Waals surface area contributed by atoms with Crippen LogP contribution >= 0.6 is 0 Å². The van der Waals surface area contributed by atoms with Gasteiger partial charge in [0.1, 0.15) is 6.29 Å². The number of hydrogen-bond donors (Lipinski definition) is 1. The molecule has 0 aromatic heterocycles. The number of carboxylic acids is 1. The average molecular weight is 1000 g/mol. The van der Waals surface area contributed by atoms with E-state index in [9.17, 15) is 14.4 Å². The summed E-state index contributed by atoms with van der Waals surface area (Å²) in [6, 6.07) is 0. The van der Waals surface area contributed by atoms with Gasteiger partial charge >= 0.3 is 12.1 Å². The third-order valence-corrected chi connectivity index (χ3v) is 13.4. The number of amides is 1. The van der Waals surface area contributed by atoms with Crippen LogP contribution in [0.3, 0.4) is 0 Å². The van der Waals surface area contributed by atoms with Crippen LogP contribution in [0.2, 0.25) is 0 Å². The molecule has 0 radical (unpaired) electrons. The summed E-state index contributed by atoms with van der Waals surface area (Å²) in [6.45, 7) is 23.8. The van der Waals surface area contributed by atoms with Crippen molar-refractivity contribution in [2.45, 2.75) is 292 Å². The highest BCUT2D eigenvalue weighted by Crippen LogP contribution is 2.20. The topological polar surface area (TPSA) is 124 Å². The Kier molecular flexibility index (Phi) is 58.3. The fourth-order valence-electron chi connectivity index (χ4n) is 8.61. The van der Waals surface area contributed by atoms with Gasteiger partial charge in [0.2, 0.25) is 0 Å². The molecule has 1 atom stereocenters. The van der Waals surface area contributed by atoms with Crippen molar-refractivity contribution in [3.63, 3.8) is 0 Å². The van der Waals surface area contributed by atoms with Crippen LogP contribution in [0.4, 0.5) is 4.79 Å². The lowest BCUT2D eigenvalue weighted by atomic mass is 9.96. The van der Waals surface area contributed by atoms with Gasteiger partial charge in [-0.3, -0.25) is 4.79 Å². The molecule has 418 valence electrons. The number of ether oxygens (including phenoxy) is 5. The lowest BCUT2D eigenvalue weighted by molar-refractivity contribution is -0.156. The molecule has 1 aliphatic rings. The Bertz CT molecular complexity index is 1020. The van der Waals surface area contributed by atoms with Crippen LogP contribution in [0.15, 0.2) is 0 Å². The number of nitrogens with zero attached hydrogens (tertiary/aromatic N) is 2. The van der Waals surface area contributed by atoms with Gasteiger partial charge in [-0.2, -0.15) is 0 Å². The van der Waals surface area contributed by atoms with Crippen LogP contribution in [0.1, 0.15) is 280 Å². The van der Waals surface area contributed by atoms with Gasteiger partial charge < -0.3 is 43.4 Å². The fraction of sp³-hybridized carbons (Fsp3) is 0.949. The van der Waals surface area contributed by atoms with E-state index < -0.39 is 5.97 Å². The van der Waals surface area contributed by atoms with Gasteiger partial charge in [-0.25, -0.2) is 4.79 Å². The Labute approximate surface area is 433 Å². The normalized spacial score (nSPS) is 13.6. The molecule has 0 aliphatic carbocycles. The third-order valence-electron chi connectivity index (χ3n) is 13.4. The van der Waals surface area contributed by atoms with Crippen LogP contribution in [0.5, 0.6) is 0 Å². The number of carbonyl (C=O) groups excluding carboxylic acids is 2. The van der Waals surface area contributed by atoms with Crippen LogP contribution in [-0.4, -0.2) is 112 Å². The van der Waals surface area contributed by atoms with Gasteiger partial charge in [0, 0.05) is 65.3 Å². The first-order chi connectivity index (χ1) is 34.3. The lowest BCUT2D eigenvalue weighted by Crippen LogP contribution is -2.40. The first-order valence-electron chi connectivity index (χ1n) is 30.0. The maximum absolute atomic E-state index is 11.9. The zero-order chi connectivity index (χ0) is 51.8. The molecule has 1 amide bonds. The molecular weight excluding hydrogens is 881 g/mol. The minimum absolute atomic E-state index is 0.110. The SMILES string of the molecule is CCC1CCCN(C(=O)OCCCN(CC)CC)C1.CCCCCCCCCOC(CCC(=O)O)OCCCCCCCCC.CCCCCCCCCOC(CCC=O)OCCCCCCCCC. The van der Waals surface area contributed by atoms with Gasteiger partial charge in [0.15, 0.2) is 12.6 Å². The molecule has 1 N–H and O–H groups in total. The van der Waals surface area contributed by atoms with Crippen LogP contribution in [0, 0.1) is 5.92 Å². The molecule has 0 saturated carbocycles. The predicted molar refractivity (Wildman–Crippen MR) is 294 cm³/mol. The van der Waals surface area contributed by atoms with E-state index in [1.165, 1.54) is 161 Å². The van der Waals surface area contributed by atoms with Gasteiger partial charge in [-0.05, 0) is 64.0 Å². The van der Waals surface area contributed by atoms with E-state index in [1.807, 2.05) is 4.90 Å². The van der Waals surface area contributed by atoms with Crippen LogP contribution < -0.4 is 0 Å². The lowest BCUT2D eigenvalue weighted by Gasteiger charge is -2.31. The summed E-state index contributed by atoms with van der Waals surface area (Å²) in [6.07, 6.45) is 42.1. The molecule has 70 heavy (non-hydrogen) atoms. The van der Waals surface area contributed by atoms with Gasteiger partial charge in [-0.15, -0.1) is 0 Å². The number of aldehydes is 1. The molecule has 11 heteroatoms. The number of piperidine rings is 1. The summed E-state index contributed by atoms with van der Waals surface area (Å²) in [5.41, 5.74) is 0. The van der Waals surface area contributed by atoms with E-state index in [2.05, 4.69) is 53.4 Å². The van der Waals surface area contributed by atoms with Crippen molar-refractivity contribution >= 4 is 18.3 Å². The zero-order valence-corrected chi connectivity index (χ0v) is 47.4. The van der Waals surface area contributed by atoms with Crippen molar-refractivity contribution < 1.29 is 43.2 Å². The highest BCUT2D eigenvalue weighted by molar-refractivity contribution is 5.67. The molecule has 1 unspecified atom stereocenters. The van der Waals surface area contributed by atoms with Crippen molar-refractivity contribution in [2.75, 3.05) is 65.8 Å². The molecule has 1 fully saturated rings. The van der Waals surface area contributed by atoms with Crippen molar-refractivity contribution in [3.8, 4) is 0 Å². The maximum Gasteiger partial charge on any atom is 0.409 e. The largest absolute Gasteiger partial charge is 0.481 e. The fourth-order valence-corrected chi connectivity index (χ4v) is 8.61. The number of aliphatic carboxylic acids is 1. The second-order valence-corrected chi connectivity index (χ2v) is 19.9. The summed E-state index contributed by atoms with van der Waals surface area (Å²) in [4.78, 5) is 37.6. The van der Waals surface area contributed by atoms with Crippen molar-refractivity contribution in [1.82, 2.24) is 9.80 Å². The van der Waals surface area contributed by atoms with E-state index in [0.717, 1.165) is 97.2 Å². The molecule has 11 nitrogen and oxygen atoms in total. The molecule has 1 rings (SSSR count). The minimum Gasteiger partial charge on any atom is -0.481 e. The second-order valence-electron chi connectivity index (χ2n) is 19.9. The maximum atomic E-state index is 11.9. The van der Waals surface area contributed by atoms with E-state index in [4.69, 9.17) is 28.8 Å². The summed E-state index contributed by atoms with van der Waals surface area (Å²) < 4.78 is 28.7.